The van der Waals surface area contributed by atoms with Gasteiger partial charge in [0.05, 0.1) is 16.4 Å². The van der Waals surface area contributed by atoms with Crippen molar-refractivity contribution in [2.24, 2.45) is 0 Å². The smallest absolute Gasteiger partial charge is 0.0863 e. The zero-order valence-corrected chi connectivity index (χ0v) is 13.7. The van der Waals surface area contributed by atoms with Crippen molar-refractivity contribution in [3.8, 4) is 0 Å². The van der Waals surface area contributed by atoms with Gasteiger partial charge in [-0.05, 0) is 38.1 Å². The number of aromatic nitrogens is 2. The van der Waals surface area contributed by atoms with Crippen molar-refractivity contribution in [1.29, 1.82) is 0 Å². The summed E-state index contributed by atoms with van der Waals surface area (Å²) in [5.74, 6) is 0. The molecule has 1 aromatic carbocycles. The Morgan fingerprint density at radius 2 is 1.86 bits per heavy atom. The SMILES string of the molecule is CCc1nn(CC)c(CN(C)Cc2ccc(N)cc2)c1Cl. The molecular formula is C16H23ClN4. The van der Waals surface area contributed by atoms with Crippen LogP contribution in [0, 0.1) is 0 Å². The van der Waals surface area contributed by atoms with Crippen molar-refractivity contribution in [2.75, 3.05) is 12.8 Å². The molecule has 0 unspecified atom stereocenters. The maximum atomic E-state index is 6.45. The van der Waals surface area contributed by atoms with Gasteiger partial charge in [0, 0.05) is 25.3 Å². The maximum absolute atomic E-state index is 6.45. The predicted molar refractivity (Wildman–Crippen MR) is 88.3 cm³/mol. The Hall–Kier alpha value is -1.52. The van der Waals surface area contributed by atoms with E-state index in [0.29, 0.717) is 0 Å². The fourth-order valence-electron chi connectivity index (χ4n) is 2.41. The lowest BCUT2D eigenvalue weighted by Gasteiger charge is -2.17. The molecule has 2 rings (SSSR count). The lowest BCUT2D eigenvalue weighted by Crippen LogP contribution is -2.20. The minimum absolute atomic E-state index is 0.782. The Morgan fingerprint density at radius 3 is 2.43 bits per heavy atom. The zero-order chi connectivity index (χ0) is 15.4. The van der Waals surface area contributed by atoms with Gasteiger partial charge in [-0.3, -0.25) is 9.58 Å². The molecule has 2 N–H and O–H groups in total. The number of nitrogens with two attached hydrogens (primary N) is 1. The fourth-order valence-corrected chi connectivity index (χ4v) is 2.74. The second kappa shape index (κ2) is 6.96. The second-order valence-electron chi connectivity index (χ2n) is 5.29. The lowest BCUT2D eigenvalue weighted by molar-refractivity contribution is 0.307. The number of nitrogen functional groups attached to an aromatic ring is 1. The van der Waals surface area contributed by atoms with Crippen molar-refractivity contribution >= 4 is 17.3 Å². The van der Waals surface area contributed by atoms with E-state index >= 15 is 0 Å². The molecule has 0 aliphatic carbocycles. The summed E-state index contributed by atoms with van der Waals surface area (Å²) < 4.78 is 2.00. The highest BCUT2D eigenvalue weighted by Crippen LogP contribution is 2.23. The normalized spacial score (nSPS) is 11.3. The van der Waals surface area contributed by atoms with Gasteiger partial charge in [-0.1, -0.05) is 30.7 Å². The first-order chi connectivity index (χ1) is 10.0. The monoisotopic (exact) mass is 306 g/mol. The van der Waals surface area contributed by atoms with Crippen LogP contribution in [0.4, 0.5) is 5.69 Å². The lowest BCUT2D eigenvalue weighted by atomic mass is 10.2. The molecule has 0 fully saturated rings. The van der Waals surface area contributed by atoms with Crippen molar-refractivity contribution in [1.82, 2.24) is 14.7 Å². The molecule has 5 heteroatoms. The molecule has 21 heavy (non-hydrogen) atoms. The largest absolute Gasteiger partial charge is 0.399 e. The van der Waals surface area contributed by atoms with Crippen LogP contribution in [-0.2, 0) is 26.1 Å². The third kappa shape index (κ3) is 3.77. The van der Waals surface area contributed by atoms with Crippen LogP contribution in [0.25, 0.3) is 0 Å². The van der Waals surface area contributed by atoms with Crippen LogP contribution in [0.1, 0.15) is 30.8 Å². The third-order valence-corrected chi connectivity index (χ3v) is 3.98. The fraction of sp³-hybridized carbons (Fsp3) is 0.438. The molecule has 1 heterocycles. The number of hydrogen-bond acceptors (Lipinski definition) is 3. The van der Waals surface area contributed by atoms with E-state index < -0.39 is 0 Å². The number of anilines is 1. The van der Waals surface area contributed by atoms with Crippen molar-refractivity contribution in [3.63, 3.8) is 0 Å². The number of nitrogens with zero attached hydrogens (tertiary/aromatic N) is 3. The Labute approximate surface area is 131 Å². The van der Waals surface area contributed by atoms with Crippen LogP contribution in [0.15, 0.2) is 24.3 Å². The van der Waals surface area contributed by atoms with Gasteiger partial charge in [-0.15, -0.1) is 0 Å². The molecule has 0 atom stereocenters. The minimum Gasteiger partial charge on any atom is -0.399 e. The second-order valence-corrected chi connectivity index (χ2v) is 5.67. The van der Waals surface area contributed by atoms with E-state index in [9.17, 15) is 0 Å². The van der Waals surface area contributed by atoms with E-state index in [2.05, 4.69) is 43.0 Å². The maximum Gasteiger partial charge on any atom is 0.0863 e. The molecule has 0 bridgehead atoms. The molecule has 1 aromatic heterocycles. The van der Waals surface area contributed by atoms with Crippen molar-refractivity contribution < 1.29 is 0 Å². The molecule has 4 nitrogen and oxygen atoms in total. The van der Waals surface area contributed by atoms with E-state index in [4.69, 9.17) is 17.3 Å². The van der Waals surface area contributed by atoms with Crippen LogP contribution >= 0.6 is 11.6 Å². The average Bonchev–Trinajstić information content (AvgIpc) is 2.77. The number of hydrogen-bond donors (Lipinski definition) is 1. The zero-order valence-electron chi connectivity index (χ0n) is 12.9. The van der Waals surface area contributed by atoms with Gasteiger partial charge < -0.3 is 5.73 Å². The molecule has 2 aromatic rings. The first kappa shape index (κ1) is 15.9. The van der Waals surface area contributed by atoms with Gasteiger partial charge >= 0.3 is 0 Å². The molecule has 0 saturated carbocycles. The van der Waals surface area contributed by atoms with E-state index in [1.807, 2.05) is 16.8 Å². The van der Waals surface area contributed by atoms with Gasteiger partial charge in [0.1, 0.15) is 0 Å². The van der Waals surface area contributed by atoms with Gasteiger partial charge in [-0.25, -0.2) is 0 Å². The molecule has 114 valence electrons. The first-order valence-electron chi connectivity index (χ1n) is 7.32. The van der Waals surface area contributed by atoms with Crippen LogP contribution in [0.5, 0.6) is 0 Å². The Balaban J connectivity index is 2.10. The molecule has 0 amide bonds. The van der Waals surface area contributed by atoms with E-state index in [-0.39, 0.29) is 0 Å². The average molecular weight is 307 g/mol. The van der Waals surface area contributed by atoms with Gasteiger partial charge in [-0.2, -0.15) is 5.10 Å². The van der Waals surface area contributed by atoms with Crippen LogP contribution < -0.4 is 5.73 Å². The number of rotatable bonds is 6. The summed E-state index contributed by atoms with van der Waals surface area (Å²) in [4.78, 5) is 2.24. The minimum atomic E-state index is 0.782. The molecule has 0 saturated heterocycles. The van der Waals surface area contributed by atoms with Gasteiger partial charge in [0.15, 0.2) is 0 Å². The summed E-state index contributed by atoms with van der Waals surface area (Å²) >= 11 is 6.45. The summed E-state index contributed by atoms with van der Waals surface area (Å²) in [5, 5.41) is 5.37. The number of benzene rings is 1. The summed E-state index contributed by atoms with van der Waals surface area (Å²) in [7, 11) is 2.09. The summed E-state index contributed by atoms with van der Waals surface area (Å²) in [6.07, 6.45) is 0.862. The molecular weight excluding hydrogens is 284 g/mol. The number of halogens is 1. The van der Waals surface area contributed by atoms with Crippen LogP contribution in [0.3, 0.4) is 0 Å². The van der Waals surface area contributed by atoms with Gasteiger partial charge in [0.2, 0.25) is 0 Å². The van der Waals surface area contributed by atoms with Gasteiger partial charge in [0.25, 0.3) is 0 Å². The standard InChI is InChI=1S/C16H23ClN4/c1-4-14-16(17)15(21(5-2)19-14)11-20(3)10-12-6-8-13(18)9-7-12/h6-9H,4-5,10-11,18H2,1-3H3. The third-order valence-electron chi connectivity index (χ3n) is 3.55. The summed E-state index contributed by atoms with van der Waals surface area (Å²) in [5.41, 5.74) is 9.82. The van der Waals surface area contributed by atoms with E-state index in [1.165, 1.54) is 5.56 Å². The van der Waals surface area contributed by atoms with Crippen LogP contribution in [-0.4, -0.2) is 21.7 Å². The Morgan fingerprint density at radius 1 is 1.19 bits per heavy atom. The van der Waals surface area contributed by atoms with Crippen molar-refractivity contribution in [2.45, 2.75) is 39.9 Å². The summed E-state index contributed by atoms with van der Waals surface area (Å²) in [6, 6.07) is 7.98. The summed E-state index contributed by atoms with van der Waals surface area (Å²) in [6.45, 7) is 6.64. The first-order valence-corrected chi connectivity index (χ1v) is 7.69. The topological polar surface area (TPSA) is 47.1 Å². The quantitative estimate of drug-likeness (QED) is 0.833. The molecule has 0 spiro atoms. The highest BCUT2D eigenvalue weighted by molar-refractivity contribution is 6.31. The Kier molecular flexibility index (Phi) is 5.26. The van der Waals surface area contributed by atoms with E-state index in [1.54, 1.807) is 0 Å². The predicted octanol–water partition coefficient (Wildman–Crippen LogP) is 3.33. The van der Waals surface area contributed by atoms with Crippen LogP contribution in [0.2, 0.25) is 5.02 Å². The molecule has 0 aliphatic rings. The highest BCUT2D eigenvalue weighted by Gasteiger charge is 2.15. The van der Waals surface area contributed by atoms with E-state index in [0.717, 1.165) is 48.2 Å². The molecule has 0 aliphatic heterocycles. The number of aryl methyl sites for hydroxylation is 2. The Bertz CT molecular complexity index is 589. The van der Waals surface area contributed by atoms with Crippen molar-refractivity contribution in [3.05, 3.63) is 46.2 Å². The highest BCUT2D eigenvalue weighted by atomic mass is 35.5. The molecule has 0 radical (unpaired) electrons.